The number of amides is 1. The largest absolute Gasteiger partial charge is 0.465 e. The van der Waals surface area contributed by atoms with Gasteiger partial charge in [-0.15, -0.1) is 0 Å². The highest BCUT2D eigenvalue weighted by Gasteiger charge is 2.27. The van der Waals surface area contributed by atoms with Gasteiger partial charge in [0.15, 0.2) is 5.13 Å². The first kappa shape index (κ1) is 11.0. The van der Waals surface area contributed by atoms with Crippen LogP contribution < -0.4 is 10.6 Å². The van der Waals surface area contributed by atoms with Crippen LogP contribution in [0.4, 0.5) is 14.9 Å². The van der Waals surface area contributed by atoms with Gasteiger partial charge in [0.2, 0.25) is 0 Å². The Morgan fingerprint density at radius 3 is 2.94 bits per heavy atom. The average Bonchev–Trinajstić information content (AvgIpc) is 2.64. The van der Waals surface area contributed by atoms with E-state index in [2.05, 4.69) is 9.88 Å². The van der Waals surface area contributed by atoms with E-state index in [-0.39, 0.29) is 6.04 Å². The first-order valence-electron chi connectivity index (χ1n) is 5.03. The molecule has 1 aromatic heterocycles. The summed E-state index contributed by atoms with van der Waals surface area (Å²) in [4.78, 5) is 18.5. The number of anilines is 2. The van der Waals surface area contributed by atoms with E-state index in [1.807, 2.05) is 6.92 Å². The Morgan fingerprint density at radius 1 is 1.69 bits per heavy atom. The molecule has 1 atom stereocenters. The van der Waals surface area contributed by atoms with Crippen molar-refractivity contribution in [2.75, 3.05) is 30.3 Å². The molecule has 1 aliphatic rings. The molecule has 7 heteroatoms. The number of hydrogen-bond donors (Lipinski definition) is 2. The summed E-state index contributed by atoms with van der Waals surface area (Å²) in [5.74, 6) is 0. The quantitative estimate of drug-likeness (QED) is 0.765. The first-order chi connectivity index (χ1) is 7.58. The van der Waals surface area contributed by atoms with Crippen LogP contribution in [-0.2, 0) is 0 Å². The molecule has 16 heavy (non-hydrogen) atoms. The van der Waals surface area contributed by atoms with Gasteiger partial charge in [-0.3, -0.25) is 0 Å². The molecule has 0 bridgehead atoms. The zero-order chi connectivity index (χ0) is 11.7. The Morgan fingerprint density at radius 2 is 2.44 bits per heavy atom. The van der Waals surface area contributed by atoms with E-state index in [1.54, 1.807) is 6.20 Å². The fraction of sp³-hybridized carbons (Fsp3) is 0.556. The second-order valence-corrected chi connectivity index (χ2v) is 4.85. The van der Waals surface area contributed by atoms with Crippen molar-refractivity contribution in [2.24, 2.45) is 0 Å². The van der Waals surface area contributed by atoms with Crippen LogP contribution in [-0.4, -0.2) is 46.8 Å². The van der Waals surface area contributed by atoms with E-state index in [0.29, 0.717) is 24.8 Å². The van der Waals surface area contributed by atoms with Gasteiger partial charge >= 0.3 is 6.09 Å². The lowest BCUT2D eigenvalue weighted by Crippen LogP contribution is -2.53. The number of nitrogen functional groups attached to an aromatic ring is 1. The number of carbonyl (C=O) groups is 1. The summed E-state index contributed by atoms with van der Waals surface area (Å²) in [6, 6.07) is -0.00502. The smallest absolute Gasteiger partial charge is 0.407 e. The molecule has 1 amide bonds. The summed E-state index contributed by atoms with van der Waals surface area (Å²) < 4.78 is 0. The summed E-state index contributed by atoms with van der Waals surface area (Å²) in [5, 5.41) is 10.5. The minimum atomic E-state index is -0.851. The lowest BCUT2D eigenvalue weighted by atomic mass is 10.2. The Kier molecular flexibility index (Phi) is 2.86. The molecular formula is C9H14N4O2S. The van der Waals surface area contributed by atoms with Crippen molar-refractivity contribution in [2.45, 2.75) is 13.0 Å². The van der Waals surface area contributed by atoms with Crippen molar-refractivity contribution in [3.63, 3.8) is 0 Å². The van der Waals surface area contributed by atoms with Crippen LogP contribution >= 0.6 is 11.3 Å². The molecule has 1 aliphatic heterocycles. The predicted octanol–water partition coefficient (Wildman–Crippen LogP) is 0.914. The summed E-state index contributed by atoms with van der Waals surface area (Å²) in [5.41, 5.74) is 5.57. The minimum absolute atomic E-state index is 0.00502. The van der Waals surface area contributed by atoms with E-state index in [0.717, 1.165) is 5.00 Å². The highest BCUT2D eigenvalue weighted by molar-refractivity contribution is 7.19. The second kappa shape index (κ2) is 4.17. The average molecular weight is 242 g/mol. The van der Waals surface area contributed by atoms with Crippen molar-refractivity contribution in [3.05, 3.63) is 6.20 Å². The number of nitrogens with zero attached hydrogens (tertiary/aromatic N) is 3. The second-order valence-electron chi connectivity index (χ2n) is 3.81. The molecule has 0 aromatic carbocycles. The van der Waals surface area contributed by atoms with Crippen LogP contribution in [0.1, 0.15) is 6.92 Å². The molecule has 0 aliphatic carbocycles. The highest BCUT2D eigenvalue weighted by Crippen LogP contribution is 2.26. The monoisotopic (exact) mass is 242 g/mol. The van der Waals surface area contributed by atoms with E-state index in [1.165, 1.54) is 16.2 Å². The van der Waals surface area contributed by atoms with Crippen LogP contribution in [0.25, 0.3) is 0 Å². The van der Waals surface area contributed by atoms with Crippen molar-refractivity contribution in [1.82, 2.24) is 9.88 Å². The lowest BCUT2D eigenvalue weighted by molar-refractivity contribution is 0.123. The van der Waals surface area contributed by atoms with Gasteiger partial charge in [0.25, 0.3) is 0 Å². The van der Waals surface area contributed by atoms with Crippen LogP contribution in [0.3, 0.4) is 0 Å². The normalized spacial score (nSPS) is 21.2. The predicted molar refractivity (Wildman–Crippen MR) is 62.9 cm³/mol. The molecule has 0 unspecified atom stereocenters. The van der Waals surface area contributed by atoms with Gasteiger partial charge in [0, 0.05) is 25.7 Å². The fourth-order valence-corrected chi connectivity index (χ4v) is 2.59. The molecular weight excluding hydrogens is 228 g/mol. The van der Waals surface area contributed by atoms with Crippen LogP contribution in [0.5, 0.6) is 0 Å². The lowest BCUT2D eigenvalue weighted by Gasteiger charge is -2.38. The van der Waals surface area contributed by atoms with Crippen LogP contribution in [0.2, 0.25) is 0 Å². The summed E-state index contributed by atoms with van der Waals surface area (Å²) in [6.07, 6.45) is 0.888. The van der Waals surface area contributed by atoms with Gasteiger partial charge in [-0.25, -0.2) is 9.78 Å². The molecule has 88 valence electrons. The number of hydrogen-bond acceptors (Lipinski definition) is 5. The SMILES string of the molecule is C[C@@H]1CN(c2cnc(N)s2)CCN1C(=O)O. The zero-order valence-corrected chi connectivity index (χ0v) is 9.78. The van der Waals surface area contributed by atoms with E-state index < -0.39 is 6.09 Å². The van der Waals surface area contributed by atoms with Gasteiger partial charge < -0.3 is 20.6 Å². The van der Waals surface area contributed by atoms with Crippen LogP contribution in [0.15, 0.2) is 6.20 Å². The maximum atomic E-state index is 10.9. The Balaban J connectivity index is 2.05. The Labute approximate surface area is 97.3 Å². The van der Waals surface area contributed by atoms with Gasteiger partial charge in [-0.2, -0.15) is 0 Å². The third-order valence-electron chi connectivity index (χ3n) is 2.70. The molecule has 0 spiro atoms. The third-order valence-corrected chi connectivity index (χ3v) is 3.58. The van der Waals surface area contributed by atoms with Crippen molar-refractivity contribution in [1.29, 1.82) is 0 Å². The molecule has 3 N–H and O–H groups in total. The molecule has 0 saturated carbocycles. The molecule has 1 fully saturated rings. The number of rotatable bonds is 1. The van der Waals surface area contributed by atoms with E-state index >= 15 is 0 Å². The van der Waals surface area contributed by atoms with Crippen LogP contribution in [0, 0.1) is 0 Å². The maximum absolute atomic E-state index is 10.9. The third kappa shape index (κ3) is 2.04. The Hall–Kier alpha value is -1.50. The molecule has 6 nitrogen and oxygen atoms in total. The standard InChI is InChI=1S/C9H14N4O2S/c1-6-5-12(2-3-13(6)9(14)15)7-4-11-8(10)16-7/h4,6H,2-3,5H2,1H3,(H2,10,11)(H,14,15)/t6-/m1/s1. The minimum Gasteiger partial charge on any atom is -0.465 e. The molecule has 0 radical (unpaired) electrons. The number of aromatic nitrogens is 1. The van der Waals surface area contributed by atoms with E-state index in [4.69, 9.17) is 10.8 Å². The number of nitrogens with two attached hydrogens (primary N) is 1. The fourth-order valence-electron chi connectivity index (χ4n) is 1.87. The highest BCUT2D eigenvalue weighted by atomic mass is 32.1. The number of thiazole rings is 1. The van der Waals surface area contributed by atoms with Gasteiger partial charge in [0.05, 0.1) is 6.20 Å². The topological polar surface area (TPSA) is 82.7 Å². The molecule has 2 rings (SSSR count). The maximum Gasteiger partial charge on any atom is 0.407 e. The summed E-state index contributed by atoms with van der Waals surface area (Å²) in [6.45, 7) is 3.81. The first-order valence-corrected chi connectivity index (χ1v) is 5.85. The molecule has 1 saturated heterocycles. The zero-order valence-electron chi connectivity index (χ0n) is 8.96. The van der Waals surface area contributed by atoms with Gasteiger partial charge in [-0.05, 0) is 6.92 Å². The van der Waals surface area contributed by atoms with Crippen molar-refractivity contribution in [3.8, 4) is 0 Å². The van der Waals surface area contributed by atoms with Gasteiger partial charge in [-0.1, -0.05) is 11.3 Å². The number of piperazine rings is 1. The molecule has 1 aromatic rings. The van der Waals surface area contributed by atoms with E-state index in [9.17, 15) is 4.79 Å². The Bertz CT molecular complexity index is 395. The summed E-state index contributed by atoms with van der Waals surface area (Å²) >= 11 is 1.43. The summed E-state index contributed by atoms with van der Waals surface area (Å²) in [7, 11) is 0. The van der Waals surface area contributed by atoms with Crippen molar-refractivity contribution < 1.29 is 9.90 Å². The van der Waals surface area contributed by atoms with Crippen molar-refractivity contribution >= 4 is 27.6 Å². The van der Waals surface area contributed by atoms with Gasteiger partial charge in [0.1, 0.15) is 5.00 Å². The number of carboxylic acid groups (broad SMARTS) is 1. The molecule has 2 heterocycles.